The van der Waals surface area contributed by atoms with Gasteiger partial charge >= 0.3 is 0 Å². The van der Waals surface area contributed by atoms with Crippen LogP contribution in [0.5, 0.6) is 0 Å². The topological polar surface area (TPSA) is 66.4 Å². The normalized spacial score (nSPS) is 13.0. The third-order valence-corrected chi connectivity index (χ3v) is 6.58. The maximum atomic E-state index is 12.2. The van der Waals surface area contributed by atoms with Crippen LogP contribution in [-0.2, 0) is 10.0 Å². The van der Waals surface area contributed by atoms with E-state index in [0.29, 0.717) is 11.4 Å². The molecule has 2 aromatic rings. The summed E-state index contributed by atoms with van der Waals surface area (Å²) in [5.41, 5.74) is 3.10. The molecule has 30 heavy (non-hydrogen) atoms. The Hall–Kier alpha value is -1.95. The van der Waals surface area contributed by atoms with Gasteiger partial charge in [0.2, 0.25) is 10.0 Å². The van der Waals surface area contributed by atoms with Crippen molar-refractivity contribution < 1.29 is 13.5 Å². The molecule has 0 saturated carbocycles. The van der Waals surface area contributed by atoms with Gasteiger partial charge in [-0.15, -0.1) is 0 Å². The average Bonchev–Trinajstić information content (AvgIpc) is 2.73. The summed E-state index contributed by atoms with van der Waals surface area (Å²) in [6.45, 7) is 4.53. The highest BCUT2D eigenvalue weighted by atomic mass is 32.2. The van der Waals surface area contributed by atoms with Gasteiger partial charge in [0.05, 0.1) is 11.0 Å². The highest BCUT2D eigenvalue weighted by Gasteiger charge is 2.12. The molecule has 5 heteroatoms. The number of aryl methyl sites for hydroxylation is 1. The average molecular weight is 430 g/mol. The van der Waals surface area contributed by atoms with Gasteiger partial charge in [-0.3, -0.25) is 0 Å². The summed E-state index contributed by atoms with van der Waals surface area (Å²) in [5, 5.41) is 10.3. The summed E-state index contributed by atoms with van der Waals surface area (Å²) in [7, 11) is -3.43. The zero-order valence-corrected chi connectivity index (χ0v) is 19.0. The molecule has 0 spiro atoms. The van der Waals surface area contributed by atoms with Gasteiger partial charge in [-0.2, -0.15) is 0 Å². The van der Waals surface area contributed by atoms with E-state index in [-0.39, 0.29) is 0 Å². The van der Waals surface area contributed by atoms with Crippen LogP contribution in [0.3, 0.4) is 0 Å². The van der Waals surface area contributed by atoms with Crippen molar-refractivity contribution in [2.24, 2.45) is 0 Å². The SMILES string of the molecule is CCCCCC(O)c1cccc(C=CCCCCNS(=O)(=O)c2ccc(C)cc2)c1. The standard InChI is InChI=1S/C25H35NO3S/c1-3-4-7-14-25(27)23-13-10-12-22(20-23)11-8-5-6-9-19-26-30(28,29)24-17-15-21(2)16-18-24/h8,10-13,15-18,20,25-27H,3-7,9,14,19H2,1-2H3. The number of aliphatic hydroxyl groups is 1. The fourth-order valence-electron chi connectivity index (χ4n) is 3.24. The van der Waals surface area contributed by atoms with Crippen molar-refractivity contribution in [3.8, 4) is 0 Å². The minimum absolute atomic E-state index is 0.310. The molecule has 0 aromatic heterocycles. The van der Waals surface area contributed by atoms with E-state index in [1.165, 1.54) is 0 Å². The van der Waals surface area contributed by atoms with E-state index in [1.807, 2.05) is 31.2 Å². The van der Waals surface area contributed by atoms with Crippen molar-refractivity contribution in [3.05, 3.63) is 71.3 Å². The second-order valence-electron chi connectivity index (χ2n) is 7.79. The monoisotopic (exact) mass is 429 g/mol. The number of benzene rings is 2. The minimum atomic E-state index is -3.43. The predicted molar refractivity (Wildman–Crippen MR) is 125 cm³/mol. The maximum absolute atomic E-state index is 12.2. The molecule has 0 radical (unpaired) electrons. The fraction of sp³-hybridized carbons (Fsp3) is 0.440. The zero-order chi connectivity index (χ0) is 21.8. The molecule has 2 aromatic carbocycles. The first kappa shape index (κ1) is 24.3. The summed E-state index contributed by atoms with van der Waals surface area (Å²) in [6, 6.07) is 14.9. The van der Waals surface area contributed by atoms with Crippen LogP contribution in [-0.4, -0.2) is 20.1 Å². The number of aliphatic hydroxyl groups excluding tert-OH is 1. The molecule has 2 rings (SSSR count). The molecule has 0 saturated heterocycles. The van der Waals surface area contributed by atoms with Gasteiger partial charge in [0.25, 0.3) is 0 Å². The van der Waals surface area contributed by atoms with E-state index in [1.54, 1.807) is 24.3 Å². The second-order valence-corrected chi connectivity index (χ2v) is 9.56. The highest BCUT2D eigenvalue weighted by Crippen LogP contribution is 2.21. The summed E-state index contributed by atoms with van der Waals surface area (Å²) in [5.74, 6) is 0. The molecular formula is C25H35NO3S. The maximum Gasteiger partial charge on any atom is 0.240 e. The Kier molecular flexibility index (Phi) is 10.3. The first-order chi connectivity index (χ1) is 14.4. The van der Waals surface area contributed by atoms with Gasteiger partial charge in [-0.1, -0.05) is 74.2 Å². The van der Waals surface area contributed by atoms with E-state index in [4.69, 9.17) is 0 Å². The van der Waals surface area contributed by atoms with Crippen molar-refractivity contribution in [1.29, 1.82) is 0 Å². The van der Waals surface area contributed by atoms with Crippen LogP contribution in [0.4, 0.5) is 0 Å². The number of sulfonamides is 1. The van der Waals surface area contributed by atoms with Gasteiger partial charge in [0, 0.05) is 6.54 Å². The van der Waals surface area contributed by atoms with Crippen LogP contribution < -0.4 is 4.72 Å². The zero-order valence-electron chi connectivity index (χ0n) is 18.2. The lowest BCUT2D eigenvalue weighted by atomic mass is 10.0. The van der Waals surface area contributed by atoms with Crippen LogP contribution >= 0.6 is 0 Å². The van der Waals surface area contributed by atoms with E-state index < -0.39 is 16.1 Å². The van der Waals surface area contributed by atoms with Crippen molar-refractivity contribution >= 4 is 16.1 Å². The molecule has 0 aliphatic rings. The quantitative estimate of drug-likeness (QED) is 0.397. The number of unbranched alkanes of at least 4 members (excludes halogenated alkanes) is 4. The van der Waals surface area contributed by atoms with Crippen molar-refractivity contribution in [3.63, 3.8) is 0 Å². The minimum Gasteiger partial charge on any atom is -0.388 e. The molecule has 164 valence electrons. The van der Waals surface area contributed by atoms with E-state index in [0.717, 1.165) is 61.6 Å². The van der Waals surface area contributed by atoms with Gasteiger partial charge in [0.15, 0.2) is 0 Å². The molecule has 0 aliphatic heterocycles. The second kappa shape index (κ2) is 12.7. The Morgan fingerprint density at radius 1 is 1.03 bits per heavy atom. The van der Waals surface area contributed by atoms with Crippen molar-refractivity contribution in [2.75, 3.05) is 6.54 Å². The lowest BCUT2D eigenvalue weighted by molar-refractivity contribution is 0.163. The van der Waals surface area contributed by atoms with E-state index >= 15 is 0 Å². The van der Waals surface area contributed by atoms with Crippen LogP contribution in [0.2, 0.25) is 0 Å². The van der Waals surface area contributed by atoms with Gasteiger partial charge < -0.3 is 5.11 Å². The Morgan fingerprint density at radius 2 is 1.80 bits per heavy atom. The molecule has 0 aliphatic carbocycles. The Bertz CT molecular complexity index is 889. The Balaban J connectivity index is 1.71. The molecule has 1 atom stereocenters. The van der Waals surface area contributed by atoms with Crippen LogP contribution in [0, 0.1) is 6.92 Å². The highest BCUT2D eigenvalue weighted by molar-refractivity contribution is 7.89. The third-order valence-electron chi connectivity index (χ3n) is 5.11. The summed E-state index contributed by atoms with van der Waals surface area (Å²) >= 11 is 0. The number of nitrogens with one attached hydrogen (secondary N) is 1. The number of hydrogen-bond donors (Lipinski definition) is 2. The van der Waals surface area contributed by atoms with Crippen molar-refractivity contribution in [2.45, 2.75) is 69.8 Å². The van der Waals surface area contributed by atoms with Crippen LogP contribution in [0.25, 0.3) is 6.08 Å². The number of allylic oxidation sites excluding steroid dienone is 1. The molecule has 0 heterocycles. The molecule has 0 fully saturated rings. The Labute approximate surface area is 182 Å². The summed E-state index contributed by atoms with van der Waals surface area (Å²) < 4.78 is 27.1. The van der Waals surface area contributed by atoms with Gasteiger partial charge in [-0.25, -0.2) is 13.1 Å². The Morgan fingerprint density at radius 3 is 2.53 bits per heavy atom. The van der Waals surface area contributed by atoms with Crippen LogP contribution in [0.15, 0.2) is 59.5 Å². The van der Waals surface area contributed by atoms with E-state index in [9.17, 15) is 13.5 Å². The molecule has 0 amide bonds. The van der Waals surface area contributed by atoms with Gasteiger partial charge in [0.1, 0.15) is 0 Å². The number of hydrogen-bond acceptors (Lipinski definition) is 3. The van der Waals surface area contributed by atoms with Gasteiger partial charge in [-0.05, 0) is 61.9 Å². The molecular weight excluding hydrogens is 394 g/mol. The first-order valence-corrected chi connectivity index (χ1v) is 12.4. The molecule has 0 bridgehead atoms. The van der Waals surface area contributed by atoms with E-state index in [2.05, 4.69) is 23.8 Å². The lowest BCUT2D eigenvalue weighted by Gasteiger charge is -2.11. The molecule has 1 unspecified atom stereocenters. The smallest absolute Gasteiger partial charge is 0.240 e. The summed E-state index contributed by atoms with van der Waals surface area (Å²) in [4.78, 5) is 0.310. The van der Waals surface area contributed by atoms with Crippen LogP contribution in [0.1, 0.15) is 74.7 Å². The van der Waals surface area contributed by atoms with Crippen molar-refractivity contribution in [1.82, 2.24) is 4.72 Å². The molecule has 4 nitrogen and oxygen atoms in total. The third kappa shape index (κ3) is 8.42. The largest absolute Gasteiger partial charge is 0.388 e. The summed E-state index contributed by atoms with van der Waals surface area (Å²) in [6.07, 6.45) is 10.5. The number of rotatable bonds is 13. The fourth-order valence-corrected chi connectivity index (χ4v) is 4.31. The first-order valence-electron chi connectivity index (χ1n) is 10.9. The predicted octanol–water partition coefficient (Wildman–Crippen LogP) is 5.77. The molecule has 2 N–H and O–H groups in total. The lowest BCUT2D eigenvalue weighted by Crippen LogP contribution is -2.24.